The second-order valence-corrected chi connectivity index (χ2v) is 35.0. The molecule has 725 valence electrons. The van der Waals surface area contributed by atoms with Crippen LogP contribution < -0.4 is 0 Å². The van der Waals surface area contributed by atoms with E-state index < -0.39 is 198 Å². The Labute approximate surface area is 765 Å². The second-order valence-electron chi connectivity index (χ2n) is 31.5. The Kier molecular flexibility index (Phi) is 50.8. The zero-order valence-corrected chi connectivity index (χ0v) is 74.9. The molecule has 1 radical (unpaired) electrons. The zero-order valence-electron chi connectivity index (χ0n) is 70.7. The van der Waals surface area contributed by atoms with Crippen LogP contribution in [0, 0.1) is 28.6 Å². The van der Waals surface area contributed by atoms with Crippen LogP contribution in [0.2, 0.25) is 0 Å². The summed E-state index contributed by atoms with van der Waals surface area (Å²) >= 11 is 6.80. The maximum absolute atomic E-state index is 14.2. The first kappa shape index (κ1) is 115. The van der Waals surface area contributed by atoms with Gasteiger partial charge in [0.25, 0.3) is 0 Å². The number of terminal acetylenes is 1. The number of azide groups is 2. The van der Waals surface area contributed by atoms with Crippen LogP contribution in [0.5, 0.6) is 0 Å². The molecule has 16 N–H and O–H groups in total. The first-order valence-corrected chi connectivity index (χ1v) is 41.4. The maximum Gasteiger partial charge on any atom is 0.323 e. The van der Waals surface area contributed by atoms with Crippen molar-refractivity contribution >= 4 is 61.7 Å². The monoisotopic (exact) mass is 2000 g/mol. The maximum atomic E-state index is 14.2. The molecule has 0 amide bonds. The minimum Gasteiger partial charge on any atom is -0.460 e. The average molecular weight is 2010 g/mol. The molecule has 11 unspecified atom stereocenters. The number of aromatic nitrogens is 6. The molecule has 4 saturated heterocycles. The molecular formula is C79H120Br2CuN12O34. The standard InChI is InChI=1S/C42H61BrN6O18.C18H21BrO4.2C9H17N3O6.CH4.Cu/c1-40(2,37(58)63-19-24-9-6-5-7-10-24)22-41(3,38(59)64-20-25-15-48(46-44-25)11-8-13-61-35-33(56)31(54)29(52)27(17-50)66-35)23-42(4,43)39(60)65-21-26-16-49(47-45-26)12-14-62-36-34(57)32(55)30(53)28(18-51)67-36;1-5-11-22-16(21)18(4,19)13-17(2,3)15(20)23-12-14-9-7-6-8-10-14;2*10-12-11-2-1-3-17-9-8(16)7(15)6(14)5(4-13)18-9;;/h5-7,9-10,15-16,27-36,50-57H,8,11-14,17-23H2,1-4H3;1,6-10H,11-13H2,2-4H3;2*5-9,13-16H,1-4H2;1H4;/t27?,28?,29-,30+,31+,32+,33?,34?,35+,36-,41?,42?;;5?,6-,7+,8?,9+;5?,6-,7-,8?,9+;;/m1.10../s1. The van der Waals surface area contributed by atoms with Crippen molar-refractivity contribution < 1.29 is 184 Å². The number of aliphatic hydroxyl groups excluding tert-OH is 16. The quantitative estimate of drug-likeness (QED) is 0.00306. The van der Waals surface area contributed by atoms with E-state index in [1.54, 1.807) is 59.9 Å². The molecule has 6 heterocycles. The molecule has 2 aromatic carbocycles. The third-order valence-corrected chi connectivity index (χ3v) is 20.9. The number of ether oxygens (including phenoxy) is 13. The number of carbonyl (C=O) groups excluding carboxylic acids is 5. The van der Waals surface area contributed by atoms with Gasteiger partial charge in [-0.3, -0.25) is 28.7 Å². The van der Waals surface area contributed by atoms with Crippen LogP contribution in [-0.2, 0) is 142 Å². The van der Waals surface area contributed by atoms with Gasteiger partial charge in [-0.05, 0) is 109 Å². The van der Waals surface area contributed by atoms with E-state index in [1.807, 2.05) is 48.5 Å². The van der Waals surface area contributed by atoms with Crippen molar-refractivity contribution in [3.8, 4) is 12.3 Å². The molecule has 4 fully saturated rings. The number of benzene rings is 2. The van der Waals surface area contributed by atoms with E-state index in [0.29, 0.717) is 19.3 Å². The number of hydrogen-bond acceptors (Lipinski definition) is 40. The van der Waals surface area contributed by atoms with Gasteiger partial charge >= 0.3 is 29.8 Å². The first-order valence-electron chi connectivity index (χ1n) is 39.8. The van der Waals surface area contributed by atoms with Gasteiger partial charge in [-0.2, -0.15) is 0 Å². The third kappa shape index (κ3) is 36.0. The number of rotatable bonds is 43. The Bertz CT molecular complexity index is 4020. The molecule has 0 aliphatic carbocycles. The Morgan fingerprint density at radius 3 is 1.12 bits per heavy atom. The topological polar surface area (TPSA) is 688 Å². The molecule has 0 saturated carbocycles. The van der Waals surface area contributed by atoms with Gasteiger partial charge < -0.3 is 143 Å². The van der Waals surface area contributed by atoms with Crippen molar-refractivity contribution in [1.29, 1.82) is 0 Å². The molecule has 2 aromatic heterocycles. The van der Waals surface area contributed by atoms with Crippen molar-refractivity contribution in [2.45, 2.75) is 265 Å². The van der Waals surface area contributed by atoms with Crippen LogP contribution in [-0.4, -0.2) is 346 Å². The van der Waals surface area contributed by atoms with Crippen molar-refractivity contribution in [1.82, 2.24) is 30.0 Å². The Balaban J connectivity index is 0.000000556. The van der Waals surface area contributed by atoms with E-state index in [1.165, 1.54) is 22.5 Å². The summed E-state index contributed by atoms with van der Waals surface area (Å²) in [6.45, 7) is 9.83. The van der Waals surface area contributed by atoms with Crippen LogP contribution in [0.15, 0.2) is 83.3 Å². The van der Waals surface area contributed by atoms with Crippen LogP contribution >= 0.6 is 31.9 Å². The number of alkyl halides is 2. The van der Waals surface area contributed by atoms with Crippen LogP contribution in [0.3, 0.4) is 0 Å². The van der Waals surface area contributed by atoms with Crippen molar-refractivity contribution in [3.63, 3.8) is 0 Å². The van der Waals surface area contributed by atoms with Gasteiger partial charge in [0, 0.05) is 59.7 Å². The molecule has 0 spiro atoms. The number of nitrogens with zero attached hydrogens (tertiary/aromatic N) is 12. The summed E-state index contributed by atoms with van der Waals surface area (Å²) < 4.78 is 69.9. The molecule has 49 heteroatoms. The van der Waals surface area contributed by atoms with Gasteiger partial charge in [-0.15, -0.1) is 16.6 Å². The SMILES string of the molecule is C.C#CCOC(=O)C(C)(Br)CC(C)(C)C(=O)OCc1ccccc1.CC(C)(CC(C)(CC(C)(Br)C(=O)OCc1cn(CCO[C@@H]2OC(CO)[C@H](O)[C@H](O)C2O)nn1)C(=O)OCc1cn(CCCO[C@H]2OC(CO)[C@@H](O)[C@H](O)C2O)nn1)C(=O)OCc1ccccc1.[Cu].[N-]=[N+]=NCCCO[C@@H]1OC(CO)[C@H](O)[C@H](O)C1O.[N-]=[N+]=NCCCO[C@H]1OC(CO)[C@@H](O)[C@H](O)C1O. The average Bonchev–Trinajstić information content (AvgIpc) is 0.857. The summed E-state index contributed by atoms with van der Waals surface area (Å²) in [5.41, 5.74) is 14.7. The normalized spacial score (nSPS) is 26.9. The smallest absolute Gasteiger partial charge is 0.323 e. The largest absolute Gasteiger partial charge is 0.460 e. The van der Waals surface area contributed by atoms with Gasteiger partial charge in [0.05, 0.1) is 74.8 Å². The minimum atomic E-state index is -1.60. The van der Waals surface area contributed by atoms with E-state index in [2.05, 4.69) is 78.5 Å². The number of halogens is 2. The fourth-order valence-electron chi connectivity index (χ4n) is 13.0. The van der Waals surface area contributed by atoms with Gasteiger partial charge in [0.15, 0.2) is 31.8 Å². The molecule has 23 atom stereocenters. The van der Waals surface area contributed by atoms with E-state index in [-0.39, 0.29) is 147 Å². The summed E-state index contributed by atoms with van der Waals surface area (Å²) in [4.78, 5) is 70.8. The number of aryl methyl sites for hydroxylation is 1. The third-order valence-electron chi connectivity index (χ3n) is 19.7. The summed E-state index contributed by atoms with van der Waals surface area (Å²) in [6.07, 6.45) is -17.7. The van der Waals surface area contributed by atoms with Crippen LogP contribution in [0.4, 0.5) is 0 Å². The molecule has 0 bridgehead atoms. The minimum absolute atomic E-state index is 0. The van der Waals surface area contributed by atoms with E-state index >= 15 is 0 Å². The first-order chi connectivity index (χ1) is 59.6. The summed E-state index contributed by atoms with van der Waals surface area (Å²) in [5, 5.41) is 177. The molecular weight excluding hydrogens is 1880 g/mol. The van der Waals surface area contributed by atoms with E-state index in [4.69, 9.17) is 89.3 Å². The molecule has 4 aliphatic heterocycles. The second kappa shape index (κ2) is 56.6. The number of aliphatic hydroxyl groups is 16. The van der Waals surface area contributed by atoms with Crippen molar-refractivity contribution in [3.05, 3.63) is 116 Å². The molecule has 4 aliphatic rings. The molecule has 4 aromatic rings. The Morgan fingerprint density at radius 2 is 0.766 bits per heavy atom. The van der Waals surface area contributed by atoms with Gasteiger partial charge in [-0.1, -0.05) is 127 Å². The van der Waals surface area contributed by atoms with Crippen molar-refractivity contribution in [2.24, 2.45) is 26.5 Å². The number of esters is 5. The summed E-state index contributed by atoms with van der Waals surface area (Å²) in [7, 11) is 0. The Morgan fingerprint density at radius 1 is 0.445 bits per heavy atom. The van der Waals surface area contributed by atoms with E-state index in [9.17, 15) is 95.5 Å². The molecule has 128 heavy (non-hydrogen) atoms. The van der Waals surface area contributed by atoms with Gasteiger partial charge in [0.2, 0.25) is 0 Å². The molecule has 8 rings (SSSR count). The molecule has 46 nitrogen and oxygen atoms in total. The zero-order chi connectivity index (χ0) is 93.7. The van der Waals surface area contributed by atoms with Crippen LogP contribution in [0.1, 0.15) is 117 Å². The van der Waals surface area contributed by atoms with Crippen LogP contribution in [0.25, 0.3) is 20.9 Å². The van der Waals surface area contributed by atoms with Gasteiger partial charge in [-0.25, -0.2) is 4.68 Å². The van der Waals surface area contributed by atoms with Gasteiger partial charge in [0.1, 0.15) is 144 Å². The Hall–Kier alpha value is -7.23. The fourth-order valence-corrected chi connectivity index (χ4v) is 14.6. The summed E-state index contributed by atoms with van der Waals surface area (Å²) in [6, 6.07) is 18.5. The predicted octanol–water partition coefficient (Wildman–Crippen LogP) is -0.495. The summed E-state index contributed by atoms with van der Waals surface area (Å²) in [5.74, 6) is -0.755. The van der Waals surface area contributed by atoms with Crippen molar-refractivity contribution in [2.75, 3.05) is 72.6 Å². The van der Waals surface area contributed by atoms with E-state index in [0.717, 1.165) is 11.1 Å². The predicted molar refractivity (Wildman–Crippen MR) is 444 cm³/mol. The number of carbonyl (C=O) groups is 5. The number of hydrogen-bond donors (Lipinski definition) is 16. The fraction of sp³-hybridized carbons (Fsp3) is 0.709.